The molecule has 4 N–H and O–H groups in total. The van der Waals surface area contributed by atoms with E-state index in [2.05, 4.69) is 50.8 Å². The number of fused-ring (bicyclic) bond motifs is 3. The Morgan fingerprint density at radius 2 is 2.14 bits per heavy atom. The molecule has 0 saturated heterocycles. The molecule has 3 aliphatic rings. The van der Waals surface area contributed by atoms with Gasteiger partial charge in [0.2, 0.25) is 11.9 Å². The van der Waals surface area contributed by atoms with Crippen LogP contribution in [-0.2, 0) is 11.2 Å². The fraction of sp³-hybridized carbons (Fsp3) is 0.381. The number of hydrogen-bond donors (Lipinski definition) is 3. The average Bonchev–Trinajstić information content (AvgIpc) is 3.39. The van der Waals surface area contributed by atoms with Crippen LogP contribution >= 0.6 is 0 Å². The summed E-state index contributed by atoms with van der Waals surface area (Å²) in [6.45, 7) is 0.999. The van der Waals surface area contributed by atoms with Crippen LogP contribution in [0.1, 0.15) is 12.0 Å². The summed E-state index contributed by atoms with van der Waals surface area (Å²) in [5.74, 6) is -0.630. The van der Waals surface area contributed by atoms with Crippen molar-refractivity contribution in [1.82, 2.24) is 9.97 Å². The number of halogens is 1. The van der Waals surface area contributed by atoms with E-state index in [4.69, 9.17) is 5.73 Å². The van der Waals surface area contributed by atoms with Gasteiger partial charge in [-0.1, -0.05) is 12.2 Å². The first-order valence-corrected chi connectivity index (χ1v) is 9.87. The van der Waals surface area contributed by atoms with E-state index in [1.807, 2.05) is 12.1 Å². The van der Waals surface area contributed by atoms with Crippen molar-refractivity contribution in [1.29, 1.82) is 0 Å². The quantitative estimate of drug-likeness (QED) is 0.674. The van der Waals surface area contributed by atoms with Crippen molar-refractivity contribution in [3.8, 4) is 0 Å². The molecule has 1 fully saturated rings. The highest BCUT2D eigenvalue weighted by Crippen LogP contribution is 2.45. The molecule has 2 aliphatic carbocycles. The lowest BCUT2D eigenvalue weighted by molar-refractivity contribution is -0.122. The molecule has 8 heteroatoms. The second-order valence-corrected chi connectivity index (χ2v) is 8.08. The molecule has 1 amide bonds. The molecule has 29 heavy (non-hydrogen) atoms. The normalized spacial score (nSPS) is 26.6. The monoisotopic (exact) mass is 394 g/mol. The topological polar surface area (TPSA) is 96.2 Å². The van der Waals surface area contributed by atoms with Gasteiger partial charge in [0, 0.05) is 31.0 Å². The molecular weight excluding hydrogens is 371 g/mol. The third-order valence-electron chi connectivity index (χ3n) is 6.30. The van der Waals surface area contributed by atoms with E-state index in [9.17, 15) is 9.18 Å². The van der Waals surface area contributed by atoms with Crippen LogP contribution in [0, 0.1) is 23.6 Å². The van der Waals surface area contributed by atoms with Crippen molar-refractivity contribution in [2.45, 2.75) is 18.9 Å². The molecule has 0 radical (unpaired) electrons. The smallest absolute Gasteiger partial charge is 0.229 e. The molecule has 1 aromatic carbocycles. The number of rotatable bonds is 5. The van der Waals surface area contributed by atoms with Crippen LogP contribution < -0.4 is 21.3 Å². The lowest BCUT2D eigenvalue weighted by atomic mass is 9.88. The molecule has 2 aromatic rings. The number of aromatic nitrogens is 2. The summed E-state index contributed by atoms with van der Waals surface area (Å²) in [5, 5.41) is 6.28. The number of benzene rings is 1. The van der Waals surface area contributed by atoms with Crippen molar-refractivity contribution in [2.24, 2.45) is 23.5 Å². The van der Waals surface area contributed by atoms with Gasteiger partial charge in [0.05, 0.1) is 12.1 Å². The van der Waals surface area contributed by atoms with Crippen molar-refractivity contribution in [2.75, 3.05) is 29.1 Å². The Hall–Kier alpha value is -3.16. The first-order valence-electron chi connectivity index (χ1n) is 9.87. The maximum atomic E-state index is 14.4. The number of allylic oxidation sites excluding steroid dienone is 1. The van der Waals surface area contributed by atoms with E-state index in [0.717, 1.165) is 31.3 Å². The molecular formula is C21H23FN6O. The number of likely N-dealkylation sites (N-methyl/N-ethyl adjacent to an activating group) is 1. The van der Waals surface area contributed by atoms with Crippen molar-refractivity contribution < 1.29 is 9.18 Å². The summed E-state index contributed by atoms with van der Waals surface area (Å²) in [5.41, 5.74) is 8.94. The number of hydrogen-bond acceptors (Lipinski definition) is 6. The van der Waals surface area contributed by atoms with Gasteiger partial charge in [0.25, 0.3) is 0 Å². The fourth-order valence-electron chi connectivity index (χ4n) is 4.87. The highest BCUT2D eigenvalue weighted by Gasteiger charge is 2.47. The largest absolute Gasteiger partial charge is 0.374 e. The van der Waals surface area contributed by atoms with Crippen molar-refractivity contribution in [3.05, 3.63) is 47.9 Å². The minimum Gasteiger partial charge on any atom is -0.374 e. The minimum atomic E-state index is -0.555. The Morgan fingerprint density at radius 3 is 2.97 bits per heavy atom. The summed E-state index contributed by atoms with van der Waals surface area (Å²) in [6.07, 6.45) is 7.09. The average molecular weight is 394 g/mol. The zero-order chi connectivity index (χ0) is 20.1. The van der Waals surface area contributed by atoms with E-state index in [1.165, 1.54) is 11.3 Å². The van der Waals surface area contributed by atoms with Gasteiger partial charge in [-0.15, -0.1) is 0 Å². The second kappa shape index (κ2) is 6.72. The molecule has 1 aliphatic heterocycles. The van der Waals surface area contributed by atoms with Gasteiger partial charge in [-0.3, -0.25) is 4.79 Å². The van der Waals surface area contributed by atoms with Crippen LogP contribution in [-0.4, -0.2) is 35.5 Å². The van der Waals surface area contributed by atoms with Crippen LogP contribution in [0.5, 0.6) is 0 Å². The summed E-state index contributed by atoms with van der Waals surface area (Å²) in [7, 11) is 2.07. The molecule has 150 valence electrons. The molecule has 2 heterocycles. The first kappa shape index (κ1) is 17.9. The summed E-state index contributed by atoms with van der Waals surface area (Å²) in [4.78, 5) is 22.5. The Balaban J connectivity index is 1.37. The Morgan fingerprint density at radius 1 is 1.31 bits per heavy atom. The number of nitrogens with zero attached hydrogens (tertiary/aromatic N) is 3. The number of nitrogens with one attached hydrogen (secondary N) is 2. The number of carbonyl (C=O) groups excluding carboxylic acids is 1. The molecule has 2 bridgehead atoms. The van der Waals surface area contributed by atoms with Crippen molar-refractivity contribution >= 4 is 29.0 Å². The van der Waals surface area contributed by atoms with Gasteiger partial charge in [-0.05, 0) is 48.4 Å². The van der Waals surface area contributed by atoms with Crippen LogP contribution in [0.3, 0.4) is 0 Å². The van der Waals surface area contributed by atoms with Gasteiger partial charge in [-0.25, -0.2) is 9.37 Å². The standard InChI is InChI=1S/C21H23FN6O/c1-28-7-6-11-9-14(4-5-16(11)28)25-21-24-10-15(22)20(27-21)26-18-13-3-2-12(8-13)17(18)19(23)29/h2-5,9-10,12-13,17-18H,6-8H2,1H3,(H2,23,29)(H2,24,25,26,27). The third kappa shape index (κ3) is 3.08. The maximum absolute atomic E-state index is 14.4. The molecule has 1 aromatic heterocycles. The van der Waals surface area contributed by atoms with E-state index >= 15 is 0 Å². The molecule has 1 saturated carbocycles. The lowest BCUT2D eigenvalue weighted by Gasteiger charge is -2.27. The number of primary amides is 1. The lowest BCUT2D eigenvalue weighted by Crippen LogP contribution is -2.41. The zero-order valence-corrected chi connectivity index (χ0v) is 16.1. The van der Waals surface area contributed by atoms with E-state index in [-0.39, 0.29) is 35.5 Å². The summed E-state index contributed by atoms with van der Waals surface area (Å²) < 4.78 is 14.4. The van der Waals surface area contributed by atoms with Crippen LogP contribution in [0.15, 0.2) is 36.5 Å². The number of carbonyl (C=O) groups is 1. The highest BCUT2D eigenvalue weighted by atomic mass is 19.1. The van der Waals surface area contributed by atoms with Crippen molar-refractivity contribution in [3.63, 3.8) is 0 Å². The van der Waals surface area contributed by atoms with E-state index in [1.54, 1.807) is 0 Å². The molecule has 4 unspecified atom stereocenters. The SMILES string of the molecule is CN1CCc2cc(Nc3ncc(F)c(NC4C5C=CC(C5)C4C(N)=O)n3)ccc21. The number of nitrogens with two attached hydrogens (primary N) is 1. The molecule has 4 atom stereocenters. The first-order chi connectivity index (χ1) is 14.0. The zero-order valence-electron chi connectivity index (χ0n) is 16.1. The van der Waals surface area contributed by atoms with Gasteiger partial charge in [0.1, 0.15) is 0 Å². The summed E-state index contributed by atoms with van der Waals surface area (Å²) in [6, 6.07) is 5.84. The van der Waals surface area contributed by atoms with E-state index < -0.39 is 5.82 Å². The van der Waals surface area contributed by atoms with Gasteiger partial charge in [-0.2, -0.15) is 4.98 Å². The Labute approximate surface area is 168 Å². The highest BCUT2D eigenvalue weighted by molar-refractivity contribution is 5.79. The van der Waals surface area contributed by atoms with Gasteiger partial charge >= 0.3 is 0 Å². The number of anilines is 4. The number of amides is 1. The van der Waals surface area contributed by atoms with Crippen LogP contribution in [0.4, 0.5) is 27.5 Å². The Kier molecular flexibility index (Phi) is 4.15. The molecule has 7 nitrogen and oxygen atoms in total. The fourth-order valence-corrected chi connectivity index (χ4v) is 4.87. The predicted molar refractivity (Wildman–Crippen MR) is 110 cm³/mol. The maximum Gasteiger partial charge on any atom is 0.229 e. The predicted octanol–water partition coefficient (Wildman–Crippen LogP) is 2.44. The minimum absolute atomic E-state index is 0.0839. The molecule has 5 rings (SSSR count). The molecule has 0 spiro atoms. The third-order valence-corrected chi connectivity index (χ3v) is 6.30. The Bertz CT molecular complexity index is 1010. The van der Waals surface area contributed by atoms with E-state index in [0.29, 0.717) is 5.95 Å². The van der Waals surface area contributed by atoms with Crippen LogP contribution in [0.25, 0.3) is 0 Å². The van der Waals surface area contributed by atoms with Crippen LogP contribution in [0.2, 0.25) is 0 Å². The van der Waals surface area contributed by atoms with Gasteiger partial charge in [0.15, 0.2) is 11.6 Å². The summed E-state index contributed by atoms with van der Waals surface area (Å²) >= 11 is 0. The second-order valence-electron chi connectivity index (χ2n) is 8.08. The van der Waals surface area contributed by atoms with Gasteiger partial charge < -0.3 is 21.3 Å².